The molecule has 0 aromatic rings. The first-order valence-corrected chi connectivity index (χ1v) is 6.26. The monoisotopic (exact) mass is 271 g/mol. The Bertz CT molecular complexity index is 359. The second-order valence-electron chi connectivity index (χ2n) is 4.72. The molecule has 0 radical (unpaired) electrons. The predicted octanol–water partition coefficient (Wildman–Crippen LogP) is -1.13. The van der Waals surface area contributed by atoms with Crippen molar-refractivity contribution in [1.82, 2.24) is 15.5 Å². The van der Waals surface area contributed by atoms with Gasteiger partial charge >= 0.3 is 5.97 Å². The van der Waals surface area contributed by atoms with Crippen LogP contribution in [0.4, 0.5) is 0 Å². The number of nitrogens with zero attached hydrogens (tertiary/aromatic N) is 1. The molecule has 2 N–H and O–H groups in total. The van der Waals surface area contributed by atoms with Crippen molar-refractivity contribution in [2.45, 2.75) is 32.4 Å². The van der Waals surface area contributed by atoms with Crippen LogP contribution in [0.2, 0.25) is 0 Å². The Morgan fingerprint density at radius 3 is 2.53 bits per heavy atom. The van der Waals surface area contributed by atoms with E-state index in [2.05, 4.69) is 15.4 Å². The highest BCUT2D eigenvalue weighted by Gasteiger charge is 2.28. The first-order valence-electron chi connectivity index (χ1n) is 6.26. The van der Waals surface area contributed by atoms with Gasteiger partial charge in [-0.25, -0.2) is 4.79 Å². The van der Waals surface area contributed by atoms with Crippen molar-refractivity contribution in [3.63, 3.8) is 0 Å². The summed E-state index contributed by atoms with van der Waals surface area (Å²) in [6.07, 6.45) is 0.841. The van der Waals surface area contributed by atoms with Gasteiger partial charge in [0, 0.05) is 39.5 Å². The van der Waals surface area contributed by atoms with Crippen molar-refractivity contribution < 1.29 is 19.1 Å². The average molecular weight is 271 g/mol. The molecule has 0 aromatic heterocycles. The molecule has 0 aliphatic carbocycles. The minimum absolute atomic E-state index is 0.0572. The standard InChI is InChI=1S/C12H21N3O4/c1-8(16)13-10-4-5-15(6-10)7-11(12(18)19-3)14-9(2)17/h10-11H,4-7H2,1-3H3,(H,13,16)(H,14,17). The zero-order valence-electron chi connectivity index (χ0n) is 11.6. The molecule has 1 aliphatic heterocycles. The molecule has 7 heteroatoms. The number of carbonyl (C=O) groups is 3. The van der Waals surface area contributed by atoms with Crippen LogP contribution in [-0.4, -0.2) is 61.5 Å². The highest BCUT2D eigenvalue weighted by atomic mass is 16.5. The molecule has 1 heterocycles. The minimum atomic E-state index is -0.668. The molecular weight excluding hydrogens is 250 g/mol. The smallest absolute Gasteiger partial charge is 0.329 e. The number of ether oxygens (including phenoxy) is 1. The number of amides is 2. The van der Waals surface area contributed by atoms with E-state index in [4.69, 9.17) is 0 Å². The lowest BCUT2D eigenvalue weighted by molar-refractivity contribution is -0.145. The fourth-order valence-corrected chi connectivity index (χ4v) is 2.23. The average Bonchev–Trinajstić information content (AvgIpc) is 2.73. The molecule has 0 bridgehead atoms. The summed E-state index contributed by atoms with van der Waals surface area (Å²) in [6, 6.07) is -0.563. The molecule has 1 rings (SSSR count). The van der Waals surface area contributed by atoms with Crippen molar-refractivity contribution in [3.8, 4) is 0 Å². The van der Waals surface area contributed by atoms with E-state index in [1.807, 2.05) is 4.90 Å². The summed E-state index contributed by atoms with van der Waals surface area (Å²) < 4.78 is 4.66. The summed E-state index contributed by atoms with van der Waals surface area (Å²) in [6.45, 7) is 4.68. The van der Waals surface area contributed by atoms with Gasteiger partial charge in [0.15, 0.2) is 0 Å². The number of nitrogens with one attached hydrogen (secondary N) is 2. The highest BCUT2D eigenvalue weighted by Crippen LogP contribution is 2.10. The van der Waals surface area contributed by atoms with Gasteiger partial charge in [0.05, 0.1) is 7.11 Å². The van der Waals surface area contributed by atoms with Crippen molar-refractivity contribution in [2.24, 2.45) is 0 Å². The molecule has 0 spiro atoms. The molecule has 108 valence electrons. The Kier molecular flexibility index (Phi) is 5.75. The van der Waals surface area contributed by atoms with Gasteiger partial charge in [0.2, 0.25) is 11.8 Å². The summed E-state index contributed by atoms with van der Waals surface area (Å²) in [5, 5.41) is 5.42. The molecule has 1 aliphatic rings. The third kappa shape index (κ3) is 5.25. The molecular formula is C12H21N3O4. The van der Waals surface area contributed by atoms with E-state index in [-0.39, 0.29) is 17.9 Å². The first kappa shape index (κ1) is 15.4. The number of methoxy groups -OCH3 is 1. The van der Waals surface area contributed by atoms with Crippen LogP contribution in [0, 0.1) is 0 Å². The largest absolute Gasteiger partial charge is 0.467 e. The number of carbonyl (C=O) groups excluding carboxylic acids is 3. The zero-order chi connectivity index (χ0) is 14.4. The van der Waals surface area contributed by atoms with Gasteiger partial charge in [-0.1, -0.05) is 0 Å². The van der Waals surface area contributed by atoms with E-state index >= 15 is 0 Å². The van der Waals surface area contributed by atoms with Crippen molar-refractivity contribution >= 4 is 17.8 Å². The summed E-state index contributed by atoms with van der Waals surface area (Å²) in [4.78, 5) is 35.6. The van der Waals surface area contributed by atoms with E-state index in [0.717, 1.165) is 13.0 Å². The molecule has 0 aromatic carbocycles. The van der Waals surface area contributed by atoms with Crippen LogP contribution < -0.4 is 10.6 Å². The molecule has 2 unspecified atom stereocenters. The summed E-state index contributed by atoms with van der Waals surface area (Å²) >= 11 is 0. The van der Waals surface area contributed by atoms with Gasteiger partial charge < -0.3 is 15.4 Å². The van der Waals surface area contributed by atoms with E-state index < -0.39 is 12.0 Å². The highest BCUT2D eigenvalue weighted by molar-refractivity contribution is 5.83. The summed E-state index contributed by atoms with van der Waals surface area (Å²) in [5.41, 5.74) is 0. The lowest BCUT2D eigenvalue weighted by atomic mass is 10.2. The Hall–Kier alpha value is -1.63. The maximum atomic E-state index is 11.6. The first-order chi connectivity index (χ1) is 8.92. The topological polar surface area (TPSA) is 87.7 Å². The number of esters is 1. The Morgan fingerprint density at radius 1 is 1.32 bits per heavy atom. The molecule has 1 saturated heterocycles. The van der Waals surface area contributed by atoms with Gasteiger partial charge in [-0.3, -0.25) is 14.5 Å². The maximum Gasteiger partial charge on any atom is 0.329 e. The van der Waals surface area contributed by atoms with E-state index in [1.165, 1.54) is 21.0 Å². The predicted molar refractivity (Wildman–Crippen MR) is 68.3 cm³/mol. The van der Waals surface area contributed by atoms with Crippen molar-refractivity contribution in [3.05, 3.63) is 0 Å². The second-order valence-corrected chi connectivity index (χ2v) is 4.72. The molecule has 2 atom stereocenters. The number of hydrogen-bond acceptors (Lipinski definition) is 5. The molecule has 2 amide bonds. The van der Waals surface area contributed by atoms with Crippen LogP contribution in [0.1, 0.15) is 20.3 Å². The minimum Gasteiger partial charge on any atom is -0.467 e. The van der Waals surface area contributed by atoms with E-state index in [9.17, 15) is 14.4 Å². The van der Waals surface area contributed by atoms with Crippen LogP contribution in [0.3, 0.4) is 0 Å². The molecule has 19 heavy (non-hydrogen) atoms. The third-order valence-electron chi connectivity index (χ3n) is 2.98. The van der Waals surface area contributed by atoms with Crippen molar-refractivity contribution in [2.75, 3.05) is 26.7 Å². The fraction of sp³-hybridized carbons (Fsp3) is 0.750. The Morgan fingerprint density at radius 2 is 2.00 bits per heavy atom. The molecule has 0 saturated carbocycles. The zero-order valence-corrected chi connectivity index (χ0v) is 11.6. The lowest BCUT2D eigenvalue weighted by Crippen LogP contribution is -2.48. The van der Waals surface area contributed by atoms with E-state index in [0.29, 0.717) is 13.1 Å². The normalized spacial score (nSPS) is 20.7. The summed E-state index contributed by atoms with van der Waals surface area (Å²) in [7, 11) is 1.29. The second kappa shape index (κ2) is 7.08. The van der Waals surface area contributed by atoms with Crippen LogP contribution >= 0.6 is 0 Å². The SMILES string of the molecule is COC(=O)C(CN1CCC(NC(C)=O)C1)NC(C)=O. The number of hydrogen-bond donors (Lipinski definition) is 2. The van der Waals surface area contributed by atoms with Gasteiger partial charge in [0.25, 0.3) is 0 Å². The van der Waals surface area contributed by atoms with E-state index in [1.54, 1.807) is 0 Å². The number of likely N-dealkylation sites (tertiary alicyclic amines) is 1. The van der Waals surface area contributed by atoms with Gasteiger partial charge in [-0.05, 0) is 6.42 Å². The number of rotatable bonds is 5. The summed E-state index contributed by atoms with van der Waals surface area (Å²) in [5.74, 6) is -0.788. The van der Waals surface area contributed by atoms with Gasteiger partial charge in [-0.2, -0.15) is 0 Å². The van der Waals surface area contributed by atoms with Crippen LogP contribution in [0.25, 0.3) is 0 Å². The molecule has 7 nitrogen and oxygen atoms in total. The maximum absolute atomic E-state index is 11.6. The Balaban J connectivity index is 2.49. The van der Waals surface area contributed by atoms with Crippen molar-refractivity contribution in [1.29, 1.82) is 0 Å². The quantitative estimate of drug-likeness (QED) is 0.618. The fourth-order valence-electron chi connectivity index (χ4n) is 2.23. The molecule has 1 fully saturated rings. The lowest BCUT2D eigenvalue weighted by Gasteiger charge is -2.22. The Labute approximate surface area is 112 Å². The van der Waals surface area contributed by atoms with Crippen LogP contribution in [-0.2, 0) is 19.1 Å². The van der Waals surface area contributed by atoms with Gasteiger partial charge in [0.1, 0.15) is 6.04 Å². The third-order valence-corrected chi connectivity index (χ3v) is 2.98. The van der Waals surface area contributed by atoms with Crippen LogP contribution in [0.5, 0.6) is 0 Å². The van der Waals surface area contributed by atoms with Gasteiger partial charge in [-0.15, -0.1) is 0 Å². The van der Waals surface area contributed by atoms with Crippen LogP contribution in [0.15, 0.2) is 0 Å².